The van der Waals surface area contributed by atoms with E-state index in [9.17, 15) is 23.9 Å². The number of hydrogen-bond acceptors (Lipinski definition) is 4. The van der Waals surface area contributed by atoms with Gasteiger partial charge in [-0.2, -0.15) is 0 Å². The normalized spacial score (nSPS) is 21.0. The summed E-state index contributed by atoms with van der Waals surface area (Å²) in [6, 6.07) is 11.5. The Balaban J connectivity index is 1.33. The average molecular weight is 483 g/mol. The molecular weight excluding hydrogens is 459 g/mol. The van der Waals surface area contributed by atoms with Crippen molar-refractivity contribution in [2.75, 3.05) is 6.61 Å². The lowest BCUT2D eigenvalue weighted by Crippen LogP contribution is -2.44. The molecule has 1 saturated heterocycles. The second kappa shape index (κ2) is 8.96. The number of para-hydroxylation sites is 1. The van der Waals surface area contributed by atoms with Crippen LogP contribution in [0.4, 0.5) is 4.39 Å². The summed E-state index contributed by atoms with van der Waals surface area (Å²) in [7, 11) is 0. The van der Waals surface area contributed by atoms with Gasteiger partial charge in [0.05, 0.1) is 11.1 Å². The van der Waals surface area contributed by atoms with E-state index >= 15 is 0 Å². The van der Waals surface area contributed by atoms with E-state index in [4.69, 9.17) is 11.6 Å². The van der Waals surface area contributed by atoms with E-state index in [1.165, 1.54) is 6.07 Å². The quantitative estimate of drug-likeness (QED) is 0.495. The third-order valence-corrected chi connectivity index (χ3v) is 7.27. The number of nitrogens with zero attached hydrogens (tertiary/aromatic N) is 2. The number of aliphatic hydroxyl groups is 1. The zero-order chi connectivity index (χ0) is 24.0. The Morgan fingerprint density at radius 1 is 1.09 bits per heavy atom. The summed E-state index contributed by atoms with van der Waals surface area (Å²) < 4.78 is 15.9. The number of halogens is 2. The molecule has 1 aromatic heterocycles. The van der Waals surface area contributed by atoms with Crippen LogP contribution in [-0.4, -0.2) is 50.7 Å². The number of likely N-dealkylation sites (tertiary alicyclic amines) is 1. The maximum Gasteiger partial charge on any atom is 0.243 e. The molecule has 0 radical (unpaired) electrons. The van der Waals surface area contributed by atoms with Crippen molar-refractivity contribution in [3.8, 4) is 0 Å². The largest absolute Gasteiger partial charge is 0.388 e. The number of ketones is 2. The molecule has 34 heavy (non-hydrogen) atoms. The number of rotatable bonds is 8. The van der Waals surface area contributed by atoms with Crippen LogP contribution >= 0.6 is 11.6 Å². The van der Waals surface area contributed by atoms with Crippen LogP contribution in [-0.2, 0) is 22.6 Å². The number of hydrogen-bond donors (Lipinski definition) is 1. The summed E-state index contributed by atoms with van der Waals surface area (Å²) in [4.78, 5) is 40.3. The Morgan fingerprint density at radius 2 is 1.88 bits per heavy atom. The van der Waals surface area contributed by atoms with Gasteiger partial charge in [-0.1, -0.05) is 41.9 Å². The van der Waals surface area contributed by atoms with Crippen molar-refractivity contribution < 1.29 is 23.9 Å². The molecule has 1 amide bonds. The van der Waals surface area contributed by atoms with Crippen molar-refractivity contribution in [2.24, 2.45) is 5.92 Å². The van der Waals surface area contributed by atoms with Gasteiger partial charge in [-0.15, -0.1) is 0 Å². The zero-order valence-electron chi connectivity index (χ0n) is 18.4. The minimum absolute atomic E-state index is 0.00482. The van der Waals surface area contributed by atoms with Crippen LogP contribution in [0.2, 0.25) is 5.02 Å². The fourth-order valence-corrected chi connectivity index (χ4v) is 5.37. The molecule has 2 aliphatic rings. The second-order valence-electron chi connectivity index (χ2n) is 9.06. The predicted molar refractivity (Wildman–Crippen MR) is 125 cm³/mol. The van der Waals surface area contributed by atoms with Crippen LogP contribution in [0.5, 0.6) is 0 Å². The van der Waals surface area contributed by atoms with Gasteiger partial charge in [0.2, 0.25) is 5.91 Å². The van der Waals surface area contributed by atoms with Crippen molar-refractivity contribution in [2.45, 2.75) is 44.3 Å². The minimum atomic E-state index is -0.609. The first-order valence-corrected chi connectivity index (χ1v) is 11.8. The third-order valence-electron chi connectivity index (χ3n) is 6.97. The Kier molecular flexibility index (Phi) is 6.00. The molecule has 2 fully saturated rings. The summed E-state index contributed by atoms with van der Waals surface area (Å²) in [6.07, 6.45) is 3.48. The Hall–Kier alpha value is -3.03. The number of benzene rings is 2. The summed E-state index contributed by atoms with van der Waals surface area (Å²) in [6.45, 7) is -0.614. The van der Waals surface area contributed by atoms with Crippen LogP contribution in [0.15, 0.2) is 48.7 Å². The lowest BCUT2D eigenvalue weighted by Gasteiger charge is -2.27. The first kappa shape index (κ1) is 22.7. The number of piperidine rings is 1. The molecule has 0 unspecified atom stereocenters. The molecule has 3 aromatic rings. The number of carbonyl (C=O) groups is 3. The standard InChI is InChI=1S/C26H24ClFN2O4/c27-19-6-3-4-15(26(19)28)8-9-23(32)22-11-16-10-21(16)30(22)25(34)13-29-12-18(24(33)14-31)17-5-1-2-7-20(17)29/h1-7,12,16,21-22,31H,8-11,13-14H2/t16-,21-,22+/m1/s1. The van der Waals surface area contributed by atoms with Crippen LogP contribution in [0.3, 0.4) is 0 Å². The number of amides is 1. The fourth-order valence-electron chi connectivity index (χ4n) is 5.18. The molecule has 176 valence electrons. The van der Waals surface area contributed by atoms with Gasteiger partial charge in [-0.25, -0.2) is 4.39 Å². The molecule has 1 N–H and O–H groups in total. The number of fused-ring (bicyclic) bond motifs is 2. The fraction of sp³-hybridized carbons (Fsp3) is 0.346. The SMILES string of the molecule is O=C(CO)c1cn(CC(=O)N2[C@@H]3C[C@@H]3C[C@H]2C(=O)CCc2cccc(Cl)c2F)c2ccccc12. The van der Waals surface area contributed by atoms with Crippen LogP contribution in [0.25, 0.3) is 10.9 Å². The molecule has 1 aliphatic heterocycles. The molecular formula is C26H24ClFN2O4. The van der Waals surface area contributed by atoms with Crippen molar-refractivity contribution in [1.29, 1.82) is 0 Å². The Labute approximate surface area is 200 Å². The summed E-state index contributed by atoms with van der Waals surface area (Å²) in [5, 5.41) is 10.0. The van der Waals surface area contributed by atoms with E-state index in [-0.39, 0.29) is 42.1 Å². The molecule has 1 saturated carbocycles. The van der Waals surface area contributed by atoms with Gasteiger partial charge >= 0.3 is 0 Å². The number of Topliss-reactive ketones (excluding diaryl/α,β-unsaturated/α-hetero) is 2. The van der Waals surface area contributed by atoms with Gasteiger partial charge < -0.3 is 14.6 Å². The van der Waals surface area contributed by atoms with E-state index in [1.54, 1.807) is 39.9 Å². The lowest BCUT2D eigenvalue weighted by molar-refractivity contribution is -0.139. The van der Waals surface area contributed by atoms with Gasteiger partial charge in [0, 0.05) is 35.1 Å². The summed E-state index contributed by atoms with van der Waals surface area (Å²) >= 11 is 5.84. The lowest BCUT2D eigenvalue weighted by atomic mass is 10.00. The van der Waals surface area contributed by atoms with E-state index in [0.717, 1.165) is 11.9 Å². The zero-order valence-corrected chi connectivity index (χ0v) is 19.2. The van der Waals surface area contributed by atoms with Gasteiger partial charge in [0.1, 0.15) is 19.0 Å². The molecule has 0 spiro atoms. The molecule has 8 heteroatoms. The maximum atomic E-state index is 14.2. The number of aliphatic hydroxyl groups excluding tert-OH is 1. The van der Waals surface area contributed by atoms with Gasteiger partial charge in [0.25, 0.3) is 0 Å². The molecule has 0 bridgehead atoms. The third kappa shape index (κ3) is 4.03. The number of carbonyl (C=O) groups excluding carboxylic acids is 3. The first-order valence-electron chi connectivity index (χ1n) is 11.4. The molecule has 2 heterocycles. The molecule has 5 rings (SSSR count). The molecule has 3 atom stereocenters. The van der Waals surface area contributed by atoms with Crippen LogP contribution < -0.4 is 0 Å². The predicted octanol–water partition coefficient (Wildman–Crippen LogP) is 3.80. The average Bonchev–Trinajstić information content (AvgIpc) is 3.35. The van der Waals surface area contributed by atoms with Crippen molar-refractivity contribution in [3.63, 3.8) is 0 Å². The number of aryl methyl sites for hydroxylation is 1. The molecule has 1 aliphatic carbocycles. The Bertz CT molecular complexity index is 1300. The highest BCUT2D eigenvalue weighted by atomic mass is 35.5. The van der Waals surface area contributed by atoms with E-state index < -0.39 is 24.2 Å². The monoisotopic (exact) mass is 482 g/mol. The van der Waals surface area contributed by atoms with Crippen molar-refractivity contribution in [1.82, 2.24) is 9.47 Å². The van der Waals surface area contributed by atoms with Crippen molar-refractivity contribution in [3.05, 3.63) is 70.6 Å². The van der Waals surface area contributed by atoms with Crippen molar-refractivity contribution >= 4 is 40.0 Å². The van der Waals surface area contributed by atoms with Crippen LogP contribution in [0.1, 0.15) is 35.2 Å². The minimum Gasteiger partial charge on any atom is -0.388 e. The summed E-state index contributed by atoms with van der Waals surface area (Å²) in [5.41, 5.74) is 1.48. The van der Waals surface area contributed by atoms with Crippen LogP contribution in [0, 0.1) is 11.7 Å². The highest BCUT2D eigenvalue weighted by molar-refractivity contribution is 6.30. The van der Waals surface area contributed by atoms with Gasteiger partial charge in [-0.3, -0.25) is 14.4 Å². The maximum absolute atomic E-state index is 14.2. The summed E-state index contributed by atoms with van der Waals surface area (Å²) in [5.74, 6) is -0.845. The van der Waals surface area contributed by atoms with E-state index in [2.05, 4.69) is 0 Å². The molecule has 6 nitrogen and oxygen atoms in total. The second-order valence-corrected chi connectivity index (χ2v) is 9.47. The Morgan fingerprint density at radius 3 is 2.68 bits per heavy atom. The highest BCUT2D eigenvalue weighted by Crippen LogP contribution is 2.48. The smallest absolute Gasteiger partial charge is 0.243 e. The topological polar surface area (TPSA) is 79.6 Å². The van der Waals surface area contributed by atoms with Gasteiger partial charge in [0.15, 0.2) is 11.6 Å². The molecule has 2 aromatic carbocycles. The highest BCUT2D eigenvalue weighted by Gasteiger charge is 2.55. The number of aromatic nitrogens is 1. The first-order chi connectivity index (χ1) is 16.4. The van der Waals surface area contributed by atoms with Gasteiger partial charge in [-0.05, 0) is 42.9 Å². The van der Waals surface area contributed by atoms with E-state index in [1.807, 2.05) is 12.1 Å². The van der Waals surface area contributed by atoms with E-state index in [0.29, 0.717) is 28.9 Å².